The van der Waals surface area contributed by atoms with E-state index in [-0.39, 0.29) is 5.02 Å². The Hall–Kier alpha value is -1.46. The summed E-state index contributed by atoms with van der Waals surface area (Å²) < 4.78 is 13.1. The van der Waals surface area contributed by atoms with Crippen molar-refractivity contribution >= 4 is 11.6 Å². The average Bonchev–Trinajstić information content (AvgIpc) is 2.76. The quantitative estimate of drug-likeness (QED) is 0.858. The van der Waals surface area contributed by atoms with Crippen LogP contribution >= 0.6 is 11.6 Å². The van der Waals surface area contributed by atoms with Crippen LogP contribution in [0.25, 0.3) is 0 Å². The maximum atomic E-state index is 13.1. The summed E-state index contributed by atoms with van der Waals surface area (Å²) in [6, 6.07) is 4.73. The van der Waals surface area contributed by atoms with E-state index in [9.17, 15) is 4.39 Å². The second-order valence-corrected chi connectivity index (χ2v) is 3.69. The van der Waals surface area contributed by atoms with Crippen LogP contribution in [0, 0.1) is 5.82 Å². The first-order valence-electron chi connectivity index (χ1n) is 4.74. The molecule has 1 aromatic carbocycles. The standard InChI is InChI=1S/C10H10ClFN4/c11-8-2-1-7(3-9(8)12)4-13-5-10-14-6-15-16-10/h1-3,6,13H,4-5H2,(H,14,15,16). The highest BCUT2D eigenvalue weighted by molar-refractivity contribution is 6.30. The third-order valence-corrected chi connectivity index (χ3v) is 2.38. The number of rotatable bonds is 4. The number of hydrogen-bond acceptors (Lipinski definition) is 3. The maximum absolute atomic E-state index is 13.1. The van der Waals surface area contributed by atoms with Crippen LogP contribution in [0.15, 0.2) is 24.5 Å². The molecule has 1 heterocycles. The lowest BCUT2D eigenvalue weighted by molar-refractivity contribution is 0.618. The summed E-state index contributed by atoms with van der Waals surface area (Å²) in [7, 11) is 0. The predicted molar refractivity (Wildman–Crippen MR) is 58.3 cm³/mol. The smallest absolute Gasteiger partial charge is 0.142 e. The van der Waals surface area contributed by atoms with Gasteiger partial charge in [0.25, 0.3) is 0 Å². The van der Waals surface area contributed by atoms with Gasteiger partial charge in [0, 0.05) is 6.54 Å². The number of aromatic amines is 1. The summed E-state index contributed by atoms with van der Waals surface area (Å²) in [6.45, 7) is 1.11. The van der Waals surface area contributed by atoms with Crippen molar-refractivity contribution in [2.45, 2.75) is 13.1 Å². The van der Waals surface area contributed by atoms with E-state index in [2.05, 4.69) is 20.5 Å². The van der Waals surface area contributed by atoms with Crippen molar-refractivity contribution in [3.05, 3.63) is 46.8 Å². The fourth-order valence-corrected chi connectivity index (χ4v) is 1.41. The van der Waals surface area contributed by atoms with Gasteiger partial charge in [0.05, 0.1) is 11.6 Å². The lowest BCUT2D eigenvalue weighted by Gasteiger charge is -2.03. The topological polar surface area (TPSA) is 53.6 Å². The number of nitrogens with zero attached hydrogens (tertiary/aromatic N) is 2. The van der Waals surface area contributed by atoms with Crippen LogP contribution in [-0.4, -0.2) is 15.2 Å². The van der Waals surface area contributed by atoms with Crippen molar-refractivity contribution in [3.8, 4) is 0 Å². The third-order valence-electron chi connectivity index (χ3n) is 2.07. The minimum absolute atomic E-state index is 0.138. The van der Waals surface area contributed by atoms with Gasteiger partial charge in [-0.05, 0) is 17.7 Å². The molecule has 2 rings (SSSR count). The molecule has 0 radical (unpaired) electrons. The molecule has 0 aliphatic carbocycles. The SMILES string of the molecule is Fc1cc(CNCc2ncn[nH]2)ccc1Cl. The third kappa shape index (κ3) is 2.77. The second-order valence-electron chi connectivity index (χ2n) is 3.28. The Kier molecular flexibility index (Phi) is 3.48. The van der Waals surface area contributed by atoms with Gasteiger partial charge in [-0.25, -0.2) is 9.37 Å². The Balaban J connectivity index is 1.87. The second kappa shape index (κ2) is 5.05. The monoisotopic (exact) mass is 240 g/mol. The zero-order valence-electron chi connectivity index (χ0n) is 8.37. The molecule has 84 valence electrons. The van der Waals surface area contributed by atoms with Gasteiger partial charge >= 0.3 is 0 Å². The van der Waals surface area contributed by atoms with Crippen molar-refractivity contribution in [1.82, 2.24) is 20.5 Å². The molecule has 0 aliphatic rings. The van der Waals surface area contributed by atoms with Crippen LogP contribution in [0.4, 0.5) is 4.39 Å². The molecule has 0 saturated heterocycles. The summed E-state index contributed by atoms with van der Waals surface area (Å²) in [4.78, 5) is 3.95. The van der Waals surface area contributed by atoms with E-state index in [4.69, 9.17) is 11.6 Å². The molecule has 0 amide bonds. The number of nitrogens with one attached hydrogen (secondary N) is 2. The van der Waals surface area contributed by atoms with Crippen molar-refractivity contribution in [2.75, 3.05) is 0 Å². The summed E-state index contributed by atoms with van der Waals surface area (Å²) in [5.41, 5.74) is 0.835. The Morgan fingerprint density at radius 2 is 2.25 bits per heavy atom. The van der Waals surface area contributed by atoms with E-state index >= 15 is 0 Å². The molecule has 0 spiro atoms. The Morgan fingerprint density at radius 3 is 2.94 bits per heavy atom. The predicted octanol–water partition coefficient (Wildman–Crippen LogP) is 1.89. The number of H-pyrrole nitrogens is 1. The highest BCUT2D eigenvalue weighted by atomic mass is 35.5. The highest BCUT2D eigenvalue weighted by Crippen LogP contribution is 2.15. The molecule has 0 saturated carbocycles. The Labute approximate surface area is 96.9 Å². The zero-order chi connectivity index (χ0) is 11.4. The van der Waals surface area contributed by atoms with Crippen LogP contribution in [0.5, 0.6) is 0 Å². The summed E-state index contributed by atoms with van der Waals surface area (Å²) in [5.74, 6) is 0.343. The molecule has 0 unspecified atom stereocenters. The maximum Gasteiger partial charge on any atom is 0.142 e. The summed E-state index contributed by atoms with van der Waals surface area (Å²) in [5, 5.41) is 9.69. The van der Waals surface area contributed by atoms with Crippen molar-refractivity contribution < 1.29 is 4.39 Å². The van der Waals surface area contributed by atoms with Gasteiger partial charge in [0.15, 0.2) is 0 Å². The molecule has 0 fully saturated rings. The zero-order valence-corrected chi connectivity index (χ0v) is 9.13. The Bertz CT molecular complexity index is 458. The summed E-state index contributed by atoms with van der Waals surface area (Å²) in [6.07, 6.45) is 1.44. The van der Waals surface area contributed by atoms with E-state index in [1.165, 1.54) is 12.4 Å². The molecule has 0 atom stereocenters. The van der Waals surface area contributed by atoms with E-state index in [0.717, 1.165) is 11.4 Å². The van der Waals surface area contributed by atoms with Gasteiger partial charge in [-0.2, -0.15) is 5.10 Å². The van der Waals surface area contributed by atoms with Crippen molar-refractivity contribution in [1.29, 1.82) is 0 Å². The highest BCUT2D eigenvalue weighted by Gasteiger charge is 2.01. The molecule has 0 bridgehead atoms. The summed E-state index contributed by atoms with van der Waals surface area (Å²) >= 11 is 5.58. The first-order valence-corrected chi connectivity index (χ1v) is 5.12. The van der Waals surface area contributed by atoms with Crippen molar-refractivity contribution in [2.24, 2.45) is 0 Å². The minimum atomic E-state index is -0.402. The molecule has 2 N–H and O–H groups in total. The molecule has 0 aliphatic heterocycles. The van der Waals surface area contributed by atoms with E-state index in [1.54, 1.807) is 12.1 Å². The number of aromatic nitrogens is 3. The molecule has 2 aromatic rings. The molecular formula is C10H10ClFN4. The van der Waals surface area contributed by atoms with Gasteiger partial charge in [-0.15, -0.1) is 0 Å². The molecule has 1 aromatic heterocycles. The van der Waals surface area contributed by atoms with Gasteiger partial charge in [-0.3, -0.25) is 5.10 Å². The first-order chi connectivity index (χ1) is 7.75. The minimum Gasteiger partial charge on any atom is -0.306 e. The number of halogens is 2. The number of benzene rings is 1. The van der Waals surface area contributed by atoms with Crippen molar-refractivity contribution in [3.63, 3.8) is 0 Å². The lowest BCUT2D eigenvalue weighted by atomic mass is 10.2. The largest absolute Gasteiger partial charge is 0.306 e. The lowest BCUT2D eigenvalue weighted by Crippen LogP contribution is -2.13. The molecule has 16 heavy (non-hydrogen) atoms. The molecule has 6 heteroatoms. The van der Waals surface area contributed by atoms with E-state index in [1.807, 2.05) is 0 Å². The van der Waals surface area contributed by atoms with Crippen LogP contribution in [0.3, 0.4) is 0 Å². The van der Waals surface area contributed by atoms with Gasteiger partial charge in [0.2, 0.25) is 0 Å². The fourth-order valence-electron chi connectivity index (χ4n) is 1.29. The molecular weight excluding hydrogens is 231 g/mol. The van der Waals surface area contributed by atoms with Gasteiger partial charge < -0.3 is 5.32 Å². The average molecular weight is 241 g/mol. The van der Waals surface area contributed by atoms with Crippen LogP contribution in [0.2, 0.25) is 5.02 Å². The van der Waals surface area contributed by atoms with Gasteiger partial charge in [0.1, 0.15) is 18.0 Å². The van der Waals surface area contributed by atoms with E-state index < -0.39 is 5.82 Å². The van der Waals surface area contributed by atoms with Crippen LogP contribution < -0.4 is 5.32 Å². The van der Waals surface area contributed by atoms with E-state index in [0.29, 0.717) is 13.1 Å². The molecule has 4 nitrogen and oxygen atoms in total. The van der Waals surface area contributed by atoms with Crippen LogP contribution in [-0.2, 0) is 13.1 Å². The first kappa shape index (κ1) is 11.0. The normalized spacial score (nSPS) is 10.6. The van der Waals surface area contributed by atoms with Gasteiger partial charge in [-0.1, -0.05) is 17.7 Å². The Morgan fingerprint density at radius 1 is 1.38 bits per heavy atom. The van der Waals surface area contributed by atoms with Crippen LogP contribution in [0.1, 0.15) is 11.4 Å². The number of hydrogen-bond donors (Lipinski definition) is 2. The fraction of sp³-hybridized carbons (Fsp3) is 0.200.